The predicted octanol–water partition coefficient (Wildman–Crippen LogP) is 0.855. The highest BCUT2D eigenvalue weighted by atomic mass is 16.3. The quantitative estimate of drug-likeness (QED) is 0.319. The Morgan fingerprint density at radius 2 is 2.33 bits per heavy atom. The molecule has 0 rings (SSSR count). The molecule has 4 heteroatoms. The lowest BCUT2D eigenvalue weighted by molar-refractivity contribution is -0.115. The van der Waals surface area contributed by atoms with Crippen molar-refractivity contribution in [1.29, 1.82) is 0 Å². The summed E-state index contributed by atoms with van der Waals surface area (Å²) in [5, 5.41) is 10.3. The van der Waals surface area contributed by atoms with E-state index in [0.717, 1.165) is 0 Å². The maximum Gasteiger partial charge on any atom is 0.190 e. The van der Waals surface area contributed by atoms with Gasteiger partial charge in [0.05, 0.1) is 0 Å². The van der Waals surface area contributed by atoms with Crippen molar-refractivity contribution >= 4 is 11.7 Å². The van der Waals surface area contributed by atoms with Crippen molar-refractivity contribution in [1.82, 2.24) is 0 Å². The van der Waals surface area contributed by atoms with Crippen molar-refractivity contribution < 1.29 is 4.79 Å². The molecule has 0 atom stereocenters. The van der Waals surface area contributed by atoms with E-state index < -0.39 is 11.5 Å². The first-order valence-electron chi connectivity index (χ1n) is 2.39. The zero-order chi connectivity index (χ0) is 7.28. The van der Waals surface area contributed by atoms with Crippen LogP contribution in [-0.2, 0) is 4.79 Å². The van der Waals surface area contributed by atoms with Crippen LogP contribution in [0.2, 0.25) is 0 Å². The molecular weight excluding hydrogens is 120 g/mol. The molecule has 0 aliphatic carbocycles. The summed E-state index contributed by atoms with van der Waals surface area (Å²) in [6.45, 7) is 1.56. The van der Waals surface area contributed by atoms with E-state index in [0.29, 0.717) is 0 Å². The molecule has 0 bridgehead atoms. The molecule has 9 heavy (non-hydrogen) atoms. The number of hydrogen-bond donors (Lipinski definition) is 0. The Balaban J connectivity index is 4.32. The average molecular weight is 125 g/mol. The van der Waals surface area contributed by atoms with Gasteiger partial charge in [0.25, 0.3) is 0 Å². The van der Waals surface area contributed by atoms with Gasteiger partial charge < -0.3 is 5.41 Å². The summed E-state index contributed by atoms with van der Waals surface area (Å²) in [5.41, 5.74) is -0.544. The zero-order valence-electron chi connectivity index (χ0n) is 4.92. The van der Waals surface area contributed by atoms with E-state index in [1.165, 1.54) is 5.87 Å². The van der Waals surface area contributed by atoms with Gasteiger partial charge in [0.2, 0.25) is 0 Å². The van der Waals surface area contributed by atoms with Gasteiger partial charge in [-0.3, -0.25) is 4.79 Å². The summed E-state index contributed by atoms with van der Waals surface area (Å²) in [6, 6.07) is 0. The van der Waals surface area contributed by atoms with E-state index in [2.05, 4.69) is 5.18 Å². The normalized spacial score (nSPS) is 7.67. The van der Waals surface area contributed by atoms with Gasteiger partial charge in [0, 0.05) is 6.42 Å². The van der Waals surface area contributed by atoms with Crippen LogP contribution in [0.5, 0.6) is 0 Å². The van der Waals surface area contributed by atoms with Gasteiger partial charge in [-0.1, -0.05) is 6.92 Å². The minimum atomic E-state index is -0.544. The first-order valence-corrected chi connectivity index (χ1v) is 2.39. The molecule has 0 aromatic rings. The van der Waals surface area contributed by atoms with Crippen molar-refractivity contribution in [3.05, 3.63) is 16.0 Å². The summed E-state index contributed by atoms with van der Waals surface area (Å²) >= 11 is 0. The Morgan fingerprint density at radius 3 is 2.44 bits per heavy atom. The molecule has 0 amide bonds. The van der Waals surface area contributed by atoms with Gasteiger partial charge in [-0.15, -0.1) is 4.91 Å². The Hall–Kier alpha value is -1.28. The molecule has 0 heterocycles. The number of allylic oxidation sites excluding steroid dienone is 1. The molecule has 0 aliphatic rings. The first-order chi connectivity index (χ1) is 4.26. The molecule has 0 fully saturated rings. The largest absolute Gasteiger partial charge is 0.761 e. The van der Waals surface area contributed by atoms with Gasteiger partial charge in [-0.25, -0.2) is 5.87 Å². The van der Waals surface area contributed by atoms with Crippen LogP contribution in [0.15, 0.2) is 10.9 Å². The molecule has 0 spiro atoms. The van der Waals surface area contributed by atoms with E-state index in [-0.39, 0.29) is 6.42 Å². The van der Waals surface area contributed by atoms with Gasteiger partial charge in [-0.2, -0.15) is 0 Å². The van der Waals surface area contributed by atoms with E-state index in [9.17, 15) is 9.70 Å². The fourth-order valence-electron chi connectivity index (χ4n) is 0.301. The Kier molecular flexibility index (Phi) is 3.16. The predicted molar refractivity (Wildman–Crippen MR) is 33.0 cm³/mol. The minimum Gasteiger partial charge on any atom is -0.761 e. The van der Waals surface area contributed by atoms with Crippen LogP contribution in [0.25, 0.3) is 5.41 Å². The molecule has 0 saturated carbocycles. The Morgan fingerprint density at radius 1 is 1.78 bits per heavy atom. The number of nitrogens with zero attached hydrogens (tertiary/aromatic N) is 2. The smallest absolute Gasteiger partial charge is 0.190 e. The number of nitroso groups, excluding NO2 is 1. The molecule has 4 nitrogen and oxygen atoms in total. The van der Waals surface area contributed by atoms with Crippen LogP contribution in [0, 0.1) is 4.91 Å². The SMILES string of the molecule is CCC(=O)C(=C=[N-])N=O. The Bertz CT molecular complexity index is 179. The topological polar surface area (TPSA) is 68.8 Å². The second-order valence-electron chi connectivity index (χ2n) is 1.33. The average Bonchev–Trinajstić information content (AvgIpc) is 1.90. The molecule has 48 valence electrons. The molecule has 0 unspecified atom stereocenters. The minimum absolute atomic E-state index is 0.147. The highest BCUT2D eigenvalue weighted by Gasteiger charge is 2.02. The number of hydrogen-bond acceptors (Lipinski definition) is 3. The second-order valence-corrected chi connectivity index (χ2v) is 1.33. The fraction of sp³-hybridized carbons (Fsp3) is 0.400. The van der Waals surface area contributed by atoms with E-state index in [1.807, 2.05) is 0 Å². The van der Waals surface area contributed by atoms with Crippen molar-refractivity contribution in [2.24, 2.45) is 5.18 Å². The third-order valence-electron chi connectivity index (χ3n) is 0.782. The Labute approximate surface area is 52.1 Å². The maximum atomic E-state index is 10.4. The summed E-state index contributed by atoms with van der Waals surface area (Å²) in [7, 11) is 0. The molecule has 0 aliphatic heterocycles. The van der Waals surface area contributed by atoms with Crippen LogP contribution in [0.1, 0.15) is 13.3 Å². The molecule has 0 aromatic heterocycles. The summed E-state index contributed by atoms with van der Waals surface area (Å²) in [4.78, 5) is 20.0. The summed E-state index contributed by atoms with van der Waals surface area (Å²) in [5.74, 6) is 0.883. The van der Waals surface area contributed by atoms with E-state index >= 15 is 0 Å². The van der Waals surface area contributed by atoms with Gasteiger partial charge in [0.1, 0.15) is 0 Å². The highest BCUT2D eigenvalue weighted by molar-refractivity contribution is 6.02. The molecule has 0 aromatic carbocycles. The van der Waals surface area contributed by atoms with Crippen molar-refractivity contribution in [3.8, 4) is 0 Å². The molecule has 0 radical (unpaired) electrons. The van der Waals surface area contributed by atoms with Gasteiger partial charge in [0.15, 0.2) is 11.5 Å². The number of Topliss-reactive ketones (excluding diaryl/α,β-unsaturated/α-hetero) is 1. The summed E-state index contributed by atoms with van der Waals surface area (Å²) < 4.78 is 0. The highest BCUT2D eigenvalue weighted by Crippen LogP contribution is 1.94. The second kappa shape index (κ2) is 3.69. The number of carbonyl (C=O) groups is 1. The molecule has 0 saturated heterocycles. The van der Waals surface area contributed by atoms with Crippen LogP contribution in [0.3, 0.4) is 0 Å². The lowest BCUT2D eigenvalue weighted by Gasteiger charge is -1.88. The van der Waals surface area contributed by atoms with Crippen LogP contribution in [0.4, 0.5) is 0 Å². The summed E-state index contributed by atoms with van der Waals surface area (Å²) in [6.07, 6.45) is 0.147. The number of ketones is 1. The molecule has 0 N–H and O–H groups in total. The number of rotatable bonds is 3. The number of carbonyl (C=O) groups excluding carboxylic acids is 1. The monoisotopic (exact) mass is 125 g/mol. The van der Waals surface area contributed by atoms with E-state index in [1.54, 1.807) is 6.92 Å². The van der Waals surface area contributed by atoms with Gasteiger partial charge in [-0.05, 0) is 5.18 Å². The lowest BCUT2D eigenvalue weighted by Crippen LogP contribution is -1.96. The third-order valence-corrected chi connectivity index (χ3v) is 0.782. The van der Waals surface area contributed by atoms with Gasteiger partial charge >= 0.3 is 0 Å². The van der Waals surface area contributed by atoms with Crippen LogP contribution in [-0.4, -0.2) is 11.7 Å². The van der Waals surface area contributed by atoms with E-state index in [4.69, 9.17) is 5.41 Å². The molecular formula is C5H5N2O2-. The third kappa shape index (κ3) is 1.97. The zero-order valence-corrected chi connectivity index (χ0v) is 4.92. The maximum absolute atomic E-state index is 10.4. The van der Waals surface area contributed by atoms with Crippen molar-refractivity contribution in [3.63, 3.8) is 0 Å². The fourth-order valence-corrected chi connectivity index (χ4v) is 0.301. The van der Waals surface area contributed by atoms with Crippen LogP contribution < -0.4 is 0 Å². The standard InChI is InChI=1S/C5H5N2O2/c1-2-5(8)4(3-6)7-9/h2H2,1H3/q-1. The van der Waals surface area contributed by atoms with Crippen LogP contribution >= 0.6 is 0 Å². The lowest BCUT2D eigenvalue weighted by atomic mass is 10.2. The first kappa shape index (κ1) is 7.72. The van der Waals surface area contributed by atoms with Crippen molar-refractivity contribution in [2.75, 3.05) is 0 Å². The van der Waals surface area contributed by atoms with Crippen molar-refractivity contribution in [2.45, 2.75) is 13.3 Å².